The lowest BCUT2D eigenvalue weighted by Gasteiger charge is -2.09. The summed E-state index contributed by atoms with van der Waals surface area (Å²) in [5.74, 6) is -0.137. The average Bonchev–Trinajstić information content (AvgIpc) is 2.78. The number of ether oxygens (including phenoxy) is 1. The van der Waals surface area contributed by atoms with Crippen molar-refractivity contribution >= 4 is 40.9 Å². The monoisotopic (exact) mass is 445 g/mol. The first-order valence-corrected chi connectivity index (χ1v) is 10.1. The minimum Gasteiger partial charge on any atom is -0.489 e. The smallest absolute Gasteiger partial charge is 0.266 e. The fourth-order valence-electron chi connectivity index (χ4n) is 2.82. The quantitative estimate of drug-likeness (QED) is 0.375. The molecule has 3 aromatic carbocycles. The van der Waals surface area contributed by atoms with Gasteiger partial charge in [0, 0.05) is 28.9 Å². The molecule has 2 amide bonds. The third-order valence-corrected chi connectivity index (χ3v) is 4.72. The summed E-state index contributed by atoms with van der Waals surface area (Å²) in [6, 6.07) is 23.0. The summed E-state index contributed by atoms with van der Waals surface area (Å²) < 4.78 is 5.80. The molecule has 160 valence electrons. The van der Waals surface area contributed by atoms with Crippen molar-refractivity contribution in [3.8, 4) is 11.8 Å². The Labute approximate surface area is 191 Å². The van der Waals surface area contributed by atoms with E-state index in [1.54, 1.807) is 54.6 Å². The van der Waals surface area contributed by atoms with Crippen LogP contribution in [0.4, 0.5) is 11.4 Å². The molecule has 0 radical (unpaired) electrons. The van der Waals surface area contributed by atoms with Gasteiger partial charge in [0.05, 0.1) is 0 Å². The van der Waals surface area contributed by atoms with E-state index in [9.17, 15) is 14.9 Å². The molecule has 6 nitrogen and oxygen atoms in total. The molecule has 0 atom stereocenters. The SMILES string of the molecule is CC(=O)Nc1ccc(NC(=O)C(C#N)=Cc2cccc(OCc3ccccc3Cl)c2)cc1. The molecule has 0 heterocycles. The number of rotatable bonds is 7. The van der Waals surface area contributed by atoms with Crippen molar-refractivity contribution in [2.75, 3.05) is 10.6 Å². The number of nitrogens with one attached hydrogen (secondary N) is 2. The van der Waals surface area contributed by atoms with Crippen LogP contribution in [0.1, 0.15) is 18.1 Å². The summed E-state index contributed by atoms with van der Waals surface area (Å²) in [7, 11) is 0. The van der Waals surface area contributed by atoms with Gasteiger partial charge in [0.1, 0.15) is 24.0 Å². The van der Waals surface area contributed by atoms with Crippen LogP contribution in [-0.4, -0.2) is 11.8 Å². The third kappa shape index (κ3) is 6.46. The normalized spacial score (nSPS) is 10.7. The van der Waals surface area contributed by atoms with Crippen LogP contribution < -0.4 is 15.4 Å². The van der Waals surface area contributed by atoms with Crippen molar-refractivity contribution in [1.82, 2.24) is 0 Å². The highest BCUT2D eigenvalue weighted by Crippen LogP contribution is 2.21. The second-order valence-electron chi connectivity index (χ2n) is 6.84. The van der Waals surface area contributed by atoms with Crippen LogP contribution in [0.15, 0.2) is 78.4 Å². The molecule has 7 heteroatoms. The molecular formula is C25H20ClN3O3. The van der Waals surface area contributed by atoms with E-state index in [2.05, 4.69) is 10.6 Å². The zero-order chi connectivity index (χ0) is 22.9. The molecular weight excluding hydrogens is 426 g/mol. The minimum absolute atomic E-state index is 0.0563. The first-order chi connectivity index (χ1) is 15.4. The van der Waals surface area contributed by atoms with Crippen molar-refractivity contribution in [3.05, 3.63) is 94.5 Å². The Morgan fingerprint density at radius 3 is 2.34 bits per heavy atom. The van der Waals surface area contributed by atoms with E-state index < -0.39 is 5.91 Å². The van der Waals surface area contributed by atoms with Crippen LogP contribution in [0, 0.1) is 11.3 Å². The molecule has 0 aliphatic carbocycles. The molecule has 0 saturated heterocycles. The zero-order valence-corrected chi connectivity index (χ0v) is 18.0. The molecule has 32 heavy (non-hydrogen) atoms. The molecule has 2 N–H and O–H groups in total. The van der Waals surface area contributed by atoms with Gasteiger partial charge < -0.3 is 15.4 Å². The molecule has 3 aromatic rings. The second kappa shape index (κ2) is 10.8. The number of benzene rings is 3. The number of halogens is 1. The molecule has 0 saturated carbocycles. The van der Waals surface area contributed by atoms with E-state index in [-0.39, 0.29) is 11.5 Å². The molecule has 0 fully saturated rings. The van der Waals surface area contributed by atoms with Crippen molar-refractivity contribution in [3.63, 3.8) is 0 Å². The fourth-order valence-corrected chi connectivity index (χ4v) is 3.01. The number of carbonyl (C=O) groups is 2. The number of carbonyl (C=O) groups excluding carboxylic acids is 2. The maximum Gasteiger partial charge on any atom is 0.266 e. The average molecular weight is 446 g/mol. The van der Waals surface area contributed by atoms with E-state index in [1.807, 2.05) is 24.3 Å². The summed E-state index contributed by atoms with van der Waals surface area (Å²) in [5.41, 5.74) is 2.56. The maximum atomic E-state index is 12.5. The largest absolute Gasteiger partial charge is 0.489 e. The molecule has 0 aliphatic rings. The van der Waals surface area contributed by atoms with Crippen LogP contribution in [0.5, 0.6) is 5.75 Å². The van der Waals surface area contributed by atoms with Crippen molar-refractivity contribution in [2.24, 2.45) is 0 Å². The van der Waals surface area contributed by atoms with Gasteiger partial charge in [0.15, 0.2) is 0 Å². The highest BCUT2D eigenvalue weighted by atomic mass is 35.5. The first-order valence-electron chi connectivity index (χ1n) is 9.71. The molecule has 0 spiro atoms. The lowest BCUT2D eigenvalue weighted by atomic mass is 10.1. The molecule has 0 aliphatic heterocycles. The van der Waals surface area contributed by atoms with Gasteiger partial charge in [0.2, 0.25) is 5.91 Å². The number of hydrogen-bond acceptors (Lipinski definition) is 4. The van der Waals surface area contributed by atoms with E-state index in [4.69, 9.17) is 16.3 Å². The Morgan fingerprint density at radius 1 is 1.00 bits per heavy atom. The van der Waals surface area contributed by atoms with Crippen LogP contribution in [0.2, 0.25) is 5.02 Å². The van der Waals surface area contributed by atoms with Gasteiger partial charge in [-0.1, -0.05) is 41.9 Å². The standard InChI is InChI=1S/C25H20ClN3O3/c1-17(30)28-21-9-11-22(12-10-21)29-25(31)20(15-27)13-18-5-4-7-23(14-18)32-16-19-6-2-3-8-24(19)26/h2-14H,16H2,1H3,(H,28,30)(H,29,31). The van der Waals surface area contributed by atoms with Crippen LogP contribution >= 0.6 is 11.6 Å². The molecule has 0 aromatic heterocycles. The number of nitrogens with zero attached hydrogens (tertiary/aromatic N) is 1. The summed E-state index contributed by atoms with van der Waals surface area (Å²) in [5, 5.41) is 15.4. The van der Waals surface area contributed by atoms with Crippen LogP contribution in [-0.2, 0) is 16.2 Å². The van der Waals surface area contributed by atoms with Gasteiger partial charge in [0.25, 0.3) is 5.91 Å². The van der Waals surface area contributed by atoms with Crippen molar-refractivity contribution in [2.45, 2.75) is 13.5 Å². The molecule has 3 rings (SSSR count). The van der Waals surface area contributed by atoms with Gasteiger partial charge in [-0.25, -0.2) is 0 Å². The van der Waals surface area contributed by atoms with Crippen LogP contribution in [0.25, 0.3) is 6.08 Å². The van der Waals surface area contributed by atoms with Crippen molar-refractivity contribution in [1.29, 1.82) is 5.26 Å². The number of anilines is 2. The van der Waals surface area contributed by atoms with Gasteiger partial charge in [-0.2, -0.15) is 5.26 Å². The molecule has 0 unspecified atom stereocenters. The maximum absolute atomic E-state index is 12.5. The van der Waals surface area contributed by atoms with Gasteiger partial charge >= 0.3 is 0 Å². The van der Waals surface area contributed by atoms with Gasteiger partial charge in [-0.3, -0.25) is 9.59 Å². The predicted octanol–water partition coefficient (Wildman–Crippen LogP) is 5.42. The van der Waals surface area contributed by atoms with Gasteiger partial charge in [-0.15, -0.1) is 0 Å². The lowest BCUT2D eigenvalue weighted by molar-refractivity contribution is -0.114. The van der Waals surface area contributed by atoms with Crippen LogP contribution in [0.3, 0.4) is 0 Å². The third-order valence-electron chi connectivity index (χ3n) is 4.35. The molecule has 0 bridgehead atoms. The Kier molecular flexibility index (Phi) is 7.63. The highest BCUT2D eigenvalue weighted by Gasteiger charge is 2.10. The predicted molar refractivity (Wildman–Crippen MR) is 125 cm³/mol. The Balaban J connectivity index is 1.68. The first kappa shape index (κ1) is 22.6. The van der Waals surface area contributed by atoms with Gasteiger partial charge in [-0.05, 0) is 54.1 Å². The Morgan fingerprint density at radius 2 is 1.69 bits per heavy atom. The Bertz CT molecular complexity index is 1200. The minimum atomic E-state index is -0.540. The van der Waals surface area contributed by atoms with Crippen molar-refractivity contribution < 1.29 is 14.3 Å². The number of amides is 2. The van der Waals surface area contributed by atoms with E-state index in [0.717, 1.165) is 5.56 Å². The van der Waals surface area contributed by atoms with E-state index in [1.165, 1.54) is 13.0 Å². The summed E-state index contributed by atoms with van der Waals surface area (Å²) in [6.07, 6.45) is 1.49. The topological polar surface area (TPSA) is 91.2 Å². The number of hydrogen-bond donors (Lipinski definition) is 2. The highest BCUT2D eigenvalue weighted by molar-refractivity contribution is 6.31. The number of nitriles is 1. The Hall–Kier alpha value is -4.08. The van der Waals surface area contributed by atoms with E-state index >= 15 is 0 Å². The zero-order valence-electron chi connectivity index (χ0n) is 17.3. The second-order valence-corrected chi connectivity index (χ2v) is 7.24. The summed E-state index contributed by atoms with van der Waals surface area (Å²) in [4.78, 5) is 23.6. The van der Waals surface area contributed by atoms with E-state index in [0.29, 0.717) is 34.3 Å². The lowest BCUT2D eigenvalue weighted by Crippen LogP contribution is -2.13. The summed E-state index contributed by atoms with van der Waals surface area (Å²) >= 11 is 6.15. The fraction of sp³-hybridized carbons (Fsp3) is 0.0800. The summed E-state index contributed by atoms with van der Waals surface area (Å²) in [6.45, 7) is 1.71.